The van der Waals surface area contributed by atoms with Gasteiger partial charge in [0, 0.05) is 38.6 Å². The molecule has 1 aliphatic heterocycles. The van der Waals surface area contributed by atoms with E-state index >= 15 is 0 Å². The Bertz CT molecular complexity index is 1460. The van der Waals surface area contributed by atoms with E-state index in [0.717, 1.165) is 38.8 Å². The van der Waals surface area contributed by atoms with Gasteiger partial charge in [0.2, 0.25) is 5.91 Å². The fourth-order valence-electron chi connectivity index (χ4n) is 12.9. The molecule has 1 heterocycles. The molecule has 1 saturated heterocycles. The standard InChI is InChI=1S/C40H57N3O4/c1-26-30(28-9-11-29(12-10-28)35(45)46)15-18-37(3)31(26)16-19-39(5)34(37)14-13-32-33-8-6-17-40(33,21-20-38(32,39)4)41-36(47)43-23-7-22-42(24-25-43)27(2)44/h9-12,15,26,31-34H,6-8,13-14,16-25H2,1-5H3,(H,41,47)(H,45,46)/t26?,31?,32-,33?,34?,37?,38-,39-,40?/m1/s1. The topological polar surface area (TPSA) is 90.0 Å². The highest BCUT2D eigenvalue weighted by Crippen LogP contribution is 2.75. The second-order valence-electron chi connectivity index (χ2n) is 17.2. The lowest BCUT2D eigenvalue weighted by molar-refractivity contribution is -0.210. The maximum absolute atomic E-state index is 13.8. The molecule has 0 radical (unpaired) electrons. The number of nitrogens with one attached hydrogen (secondary N) is 1. The molecule has 2 N–H and O–H groups in total. The summed E-state index contributed by atoms with van der Waals surface area (Å²) < 4.78 is 0. The van der Waals surface area contributed by atoms with Gasteiger partial charge in [-0.3, -0.25) is 4.79 Å². The molecule has 5 fully saturated rings. The van der Waals surface area contributed by atoms with Crippen LogP contribution in [-0.4, -0.2) is 64.5 Å². The Hall–Kier alpha value is -2.83. The summed E-state index contributed by atoms with van der Waals surface area (Å²) in [4.78, 5) is 41.2. The molecule has 4 saturated carbocycles. The van der Waals surface area contributed by atoms with Crippen LogP contribution in [0.1, 0.15) is 121 Å². The molecule has 6 unspecified atom stereocenters. The number of carboxylic acids is 1. The van der Waals surface area contributed by atoms with Crippen molar-refractivity contribution in [1.82, 2.24) is 15.1 Å². The average Bonchev–Trinajstić information content (AvgIpc) is 3.28. The Morgan fingerprint density at radius 3 is 2.23 bits per heavy atom. The zero-order valence-corrected chi connectivity index (χ0v) is 29.4. The third-order valence-corrected chi connectivity index (χ3v) is 15.6. The molecule has 0 aromatic heterocycles. The van der Waals surface area contributed by atoms with Gasteiger partial charge in [0.1, 0.15) is 0 Å². The van der Waals surface area contributed by atoms with Crippen molar-refractivity contribution in [1.29, 1.82) is 0 Å². The number of hydrogen-bond acceptors (Lipinski definition) is 3. The number of benzene rings is 1. The second kappa shape index (κ2) is 11.7. The van der Waals surface area contributed by atoms with Crippen LogP contribution in [0.3, 0.4) is 0 Å². The molecule has 6 aliphatic rings. The minimum absolute atomic E-state index is 0.0920. The molecule has 5 aliphatic carbocycles. The predicted molar refractivity (Wildman–Crippen MR) is 185 cm³/mol. The minimum atomic E-state index is -0.870. The fraction of sp³-hybridized carbons (Fsp3) is 0.725. The number of aromatic carboxylic acids is 1. The quantitative estimate of drug-likeness (QED) is 0.351. The first-order valence-electron chi connectivity index (χ1n) is 18.7. The van der Waals surface area contributed by atoms with Gasteiger partial charge in [-0.2, -0.15) is 0 Å². The van der Waals surface area contributed by atoms with E-state index in [4.69, 9.17) is 0 Å². The smallest absolute Gasteiger partial charge is 0.335 e. The van der Waals surface area contributed by atoms with Crippen LogP contribution in [-0.2, 0) is 4.79 Å². The summed E-state index contributed by atoms with van der Waals surface area (Å²) in [7, 11) is 0. The number of urea groups is 1. The summed E-state index contributed by atoms with van der Waals surface area (Å²) in [5.41, 5.74) is 3.62. The molecule has 1 aromatic rings. The second-order valence-corrected chi connectivity index (χ2v) is 17.2. The van der Waals surface area contributed by atoms with Crippen LogP contribution in [0.2, 0.25) is 0 Å². The first-order chi connectivity index (χ1) is 22.3. The van der Waals surface area contributed by atoms with Crippen LogP contribution in [0, 0.1) is 45.8 Å². The Labute approximate surface area is 281 Å². The minimum Gasteiger partial charge on any atom is -0.478 e. The van der Waals surface area contributed by atoms with E-state index in [1.807, 2.05) is 21.9 Å². The Morgan fingerprint density at radius 1 is 0.787 bits per heavy atom. The summed E-state index contributed by atoms with van der Waals surface area (Å²) >= 11 is 0. The molecule has 7 nitrogen and oxygen atoms in total. The molecule has 7 rings (SSSR count). The van der Waals surface area contributed by atoms with Gasteiger partial charge in [0.05, 0.1) is 5.56 Å². The Morgan fingerprint density at radius 2 is 1.51 bits per heavy atom. The maximum atomic E-state index is 13.8. The summed E-state index contributed by atoms with van der Waals surface area (Å²) in [6.07, 6.45) is 15.3. The molecular weight excluding hydrogens is 586 g/mol. The zero-order valence-electron chi connectivity index (χ0n) is 29.4. The molecule has 1 aromatic carbocycles. The van der Waals surface area contributed by atoms with Crippen molar-refractivity contribution in [3.8, 4) is 0 Å². The number of rotatable bonds is 3. The molecule has 7 heteroatoms. The van der Waals surface area contributed by atoms with Gasteiger partial charge in [-0.1, -0.05) is 52.3 Å². The van der Waals surface area contributed by atoms with Crippen molar-refractivity contribution >= 4 is 23.5 Å². The lowest BCUT2D eigenvalue weighted by Gasteiger charge is -2.71. The highest BCUT2D eigenvalue weighted by atomic mass is 16.4. The molecule has 0 bridgehead atoms. The molecule has 256 valence electrons. The zero-order chi connectivity index (χ0) is 33.4. The third kappa shape index (κ3) is 4.98. The molecule has 0 spiro atoms. The highest BCUT2D eigenvalue weighted by molar-refractivity contribution is 5.88. The van der Waals surface area contributed by atoms with E-state index in [1.165, 1.54) is 56.1 Å². The van der Waals surface area contributed by atoms with Crippen molar-refractivity contribution in [3.63, 3.8) is 0 Å². The van der Waals surface area contributed by atoms with Crippen LogP contribution >= 0.6 is 0 Å². The van der Waals surface area contributed by atoms with Gasteiger partial charge in [0.15, 0.2) is 0 Å². The first kappa shape index (κ1) is 32.7. The van der Waals surface area contributed by atoms with Gasteiger partial charge < -0.3 is 20.2 Å². The van der Waals surface area contributed by atoms with Crippen molar-refractivity contribution in [2.75, 3.05) is 26.2 Å². The summed E-state index contributed by atoms with van der Waals surface area (Å²) in [6, 6.07) is 7.62. The van der Waals surface area contributed by atoms with Crippen molar-refractivity contribution in [2.45, 2.75) is 111 Å². The van der Waals surface area contributed by atoms with E-state index in [9.17, 15) is 19.5 Å². The number of hydrogen-bond donors (Lipinski definition) is 2. The number of amides is 3. The molecule has 3 amide bonds. The lowest BCUT2D eigenvalue weighted by atomic mass is 9.34. The van der Waals surface area contributed by atoms with Gasteiger partial charge in [-0.25, -0.2) is 9.59 Å². The van der Waals surface area contributed by atoms with Gasteiger partial charge in [-0.15, -0.1) is 0 Å². The third-order valence-electron chi connectivity index (χ3n) is 15.6. The summed E-state index contributed by atoms with van der Waals surface area (Å²) in [6.45, 7) is 14.7. The van der Waals surface area contributed by atoms with E-state index in [2.05, 4.69) is 39.1 Å². The monoisotopic (exact) mass is 643 g/mol. The van der Waals surface area contributed by atoms with Crippen LogP contribution in [0.15, 0.2) is 30.3 Å². The largest absolute Gasteiger partial charge is 0.478 e. The molecule has 9 atom stereocenters. The van der Waals surface area contributed by atoms with E-state index in [1.54, 1.807) is 19.1 Å². The number of carbonyl (C=O) groups is 3. The predicted octanol–water partition coefficient (Wildman–Crippen LogP) is 7.86. The number of carbonyl (C=O) groups excluding carboxylic acids is 2. The van der Waals surface area contributed by atoms with Crippen molar-refractivity contribution < 1.29 is 19.5 Å². The van der Waals surface area contributed by atoms with Crippen LogP contribution in [0.5, 0.6) is 0 Å². The Balaban J connectivity index is 1.10. The Kier molecular flexibility index (Phi) is 8.11. The molecule has 47 heavy (non-hydrogen) atoms. The van der Waals surface area contributed by atoms with Crippen LogP contribution < -0.4 is 5.32 Å². The number of allylic oxidation sites excluding steroid dienone is 2. The first-order valence-corrected chi connectivity index (χ1v) is 18.7. The van der Waals surface area contributed by atoms with Gasteiger partial charge in [-0.05, 0) is 133 Å². The summed E-state index contributed by atoms with van der Waals surface area (Å²) in [5, 5.41) is 13.1. The van der Waals surface area contributed by atoms with Gasteiger partial charge >= 0.3 is 12.0 Å². The summed E-state index contributed by atoms with van der Waals surface area (Å²) in [5.74, 6) is 2.16. The van der Waals surface area contributed by atoms with E-state index < -0.39 is 5.97 Å². The molecular formula is C40H57N3O4. The van der Waals surface area contributed by atoms with Crippen molar-refractivity contribution in [2.24, 2.45) is 45.8 Å². The number of fused-ring (bicyclic) bond motifs is 7. The normalized spacial score (nSPS) is 41.4. The van der Waals surface area contributed by atoms with Crippen LogP contribution in [0.25, 0.3) is 5.57 Å². The SMILES string of the molecule is CC(=O)N1CCCN(C(=O)NC23CCCC2[C@H]2CCC4C5(C)CC=C(c6ccc(C(=O)O)cc6)C(C)C5CC[C@@]4(C)[C@]2(C)CC3)CC1. The maximum Gasteiger partial charge on any atom is 0.335 e. The fourth-order valence-corrected chi connectivity index (χ4v) is 12.9. The van der Waals surface area contributed by atoms with Crippen molar-refractivity contribution in [3.05, 3.63) is 41.5 Å². The number of carboxylic acid groups (broad SMARTS) is 1. The lowest BCUT2D eigenvalue weighted by Crippen LogP contribution is -2.67. The number of nitrogens with zero attached hydrogens (tertiary/aromatic N) is 2. The average molecular weight is 644 g/mol. The van der Waals surface area contributed by atoms with Gasteiger partial charge in [0.25, 0.3) is 0 Å². The van der Waals surface area contributed by atoms with E-state index in [-0.39, 0.29) is 33.7 Å². The van der Waals surface area contributed by atoms with Crippen LogP contribution in [0.4, 0.5) is 4.79 Å². The van der Waals surface area contributed by atoms with E-state index in [0.29, 0.717) is 48.2 Å². The highest BCUT2D eigenvalue weighted by Gasteiger charge is 2.68.